The topological polar surface area (TPSA) is 50.1 Å². The molecule has 0 spiro atoms. The predicted molar refractivity (Wildman–Crippen MR) is 61.6 cm³/mol. The molecule has 0 aliphatic heterocycles. The lowest BCUT2D eigenvalue weighted by Crippen LogP contribution is -2.17. The third-order valence-corrected chi connectivity index (χ3v) is 3.51. The Bertz CT molecular complexity index is 463. The van der Waals surface area contributed by atoms with Crippen molar-refractivity contribution in [3.63, 3.8) is 0 Å². The van der Waals surface area contributed by atoms with Gasteiger partial charge >= 0.3 is 5.97 Å². The van der Waals surface area contributed by atoms with Gasteiger partial charge in [-0.15, -0.1) is 0 Å². The quantitative estimate of drug-likeness (QED) is 0.782. The normalized spacial score (nSPS) is 26.9. The molecule has 0 heterocycles. The number of nitriles is 1. The Balaban J connectivity index is 2.25. The van der Waals surface area contributed by atoms with Gasteiger partial charge in [0.2, 0.25) is 0 Å². The van der Waals surface area contributed by atoms with Crippen LogP contribution in [0.4, 0.5) is 0 Å². The van der Waals surface area contributed by atoms with Crippen LogP contribution in [-0.2, 0) is 9.53 Å². The summed E-state index contributed by atoms with van der Waals surface area (Å²) in [5.74, 6) is -0.457. The van der Waals surface area contributed by atoms with Crippen LogP contribution in [0.1, 0.15) is 17.9 Å². The summed E-state index contributed by atoms with van der Waals surface area (Å²) in [6, 6.07) is 9.75. The predicted octanol–water partition coefficient (Wildman–Crippen LogP) is 2.62. The molecule has 0 N–H and O–H groups in total. The SMILES string of the molecule is COC(=O)C1(C#N)CC1c1ccc(Br)cc1. The summed E-state index contributed by atoms with van der Waals surface area (Å²) in [6.07, 6.45) is 0.553. The fourth-order valence-electron chi connectivity index (χ4n) is 1.94. The van der Waals surface area contributed by atoms with E-state index in [-0.39, 0.29) is 5.92 Å². The van der Waals surface area contributed by atoms with Gasteiger partial charge < -0.3 is 4.74 Å². The number of halogens is 1. The molecule has 4 heteroatoms. The highest BCUT2D eigenvalue weighted by Crippen LogP contribution is 2.59. The van der Waals surface area contributed by atoms with Crippen molar-refractivity contribution in [3.8, 4) is 6.07 Å². The van der Waals surface area contributed by atoms with E-state index in [0.717, 1.165) is 10.0 Å². The van der Waals surface area contributed by atoms with Crippen molar-refractivity contribution < 1.29 is 9.53 Å². The summed E-state index contributed by atoms with van der Waals surface area (Å²) in [7, 11) is 1.32. The molecule has 0 aromatic heterocycles. The molecule has 0 amide bonds. The van der Waals surface area contributed by atoms with E-state index < -0.39 is 11.4 Å². The molecule has 0 radical (unpaired) electrons. The van der Waals surface area contributed by atoms with Crippen molar-refractivity contribution in [1.82, 2.24) is 0 Å². The van der Waals surface area contributed by atoms with E-state index in [9.17, 15) is 4.79 Å². The number of hydrogen-bond acceptors (Lipinski definition) is 3. The number of ether oxygens (including phenoxy) is 1. The van der Waals surface area contributed by atoms with Gasteiger partial charge in [0.1, 0.15) is 0 Å². The van der Waals surface area contributed by atoms with Crippen LogP contribution in [0.25, 0.3) is 0 Å². The molecule has 2 rings (SSSR count). The lowest BCUT2D eigenvalue weighted by Gasteiger charge is -2.06. The molecule has 2 atom stereocenters. The third-order valence-electron chi connectivity index (χ3n) is 2.98. The van der Waals surface area contributed by atoms with Crippen molar-refractivity contribution in [2.24, 2.45) is 5.41 Å². The number of methoxy groups -OCH3 is 1. The average molecular weight is 280 g/mol. The molecular weight excluding hydrogens is 270 g/mol. The van der Waals surface area contributed by atoms with Crippen molar-refractivity contribution in [2.45, 2.75) is 12.3 Å². The molecular formula is C12H10BrNO2. The first-order valence-corrected chi connectivity index (χ1v) is 5.68. The van der Waals surface area contributed by atoms with E-state index in [0.29, 0.717) is 6.42 Å². The summed E-state index contributed by atoms with van der Waals surface area (Å²) in [5.41, 5.74) is 0.0536. The van der Waals surface area contributed by atoms with Crippen LogP contribution in [0.3, 0.4) is 0 Å². The average Bonchev–Trinajstić information content (AvgIpc) is 3.05. The molecule has 1 aliphatic rings. The largest absolute Gasteiger partial charge is 0.468 e. The maximum atomic E-state index is 11.5. The molecule has 1 aromatic carbocycles. The Morgan fingerprint density at radius 2 is 2.19 bits per heavy atom. The Morgan fingerprint density at radius 3 is 2.69 bits per heavy atom. The van der Waals surface area contributed by atoms with Gasteiger partial charge in [0.25, 0.3) is 0 Å². The van der Waals surface area contributed by atoms with Gasteiger partial charge in [-0.2, -0.15) is 5.26 Å². The van der Waals surface area contributed by atoms with Crippen molar-refractivity contribution >= 4 is 21.9 Å². The van der Waals surface area contributed by atoms with E-state index in [4.69, 9.17) is 5.26 Å². The maximum absolute atomic E-state index is 11.5. The second-order valence-corrected chi connectivity index (χ2v) is 4.80. The van der Waals surface area contributed by atoms with E-state index in [1.807, 2.05) is 24.3 Å². The lowest BCUT2D eigenvalue weighted by molar-refractivity contribution is -0.144. The monoisotopic (exact) mass is 279 g/mol. The molecule has 0 saturated heterocycles. The summed E-state index contributed by atoms with van der Waals surface area (Å²) < 4.78 is 5.66. The molecule has 3 nitrogen and oxygen atoms in total. The molecule has 0 bridgehead atoms. The van der Waals surface area contributed by atoms with E-state index in [1.54, 1.807) is 0 Å². The second kappa shape index (κ2) is 3.91. The van der Waals surface area contributed by atoms with Crippen LogP contribution < -0.4 is 0 Å². The summed E-state index contributed by atoms with van der Waals surface area (Å²) in [4.78, 5) is 11.5. The minimum atomic E-state index is -0.956. The van der Waals surface area contributed by atoms with E-state index in [2.05, 4.69) is 26.7 Å². The molecule has 1 fully saturated rings. The summed E-state index contributed by atoms with van der Waals surface area (Å²) in [6.45, 7) is 0. The number of carbonyl (C=O) groups is 1. The zero-order chi connectivity index (χ0) is 11.8. The number of hydrogen-bond donors (Lipinski definition) is 0. The Hall–Kier alpha value is -1.34. The zero-order valence-corrected chi connectivity index (χ0v) is 10.3. The highest BCUT2D eigenvalue weighted by Gasteiger charge is 2.62. The highest BCUT2D eigenvalue weighted by atomic mass is 79.9. The molecule has 1 aromatic rings. The molecule has 1 saturated carbocycles. The number of rotatable bonds is 2. The number of esters is 1. The summed E-state index contributed by atoms with van der Waals surface area (Å²) >= 11 is 3.35. The molecule has 2 unspecified atom stereocenters. The fraction of sp³-hybridized carbons (Fsp3) is 0.333. The van der Waals surface area contributed by atoms with Crippen LogP contribution in [0.2, 0.25) is 0 Å². The molecule has 16 heavy (non-hydrogen) atoms. The van der Waals surface area contributed by atoms with Gasteiger partial charge in [0.15, 0.2) is 5.41 Å². The van der Waals surface area contributed by atoms with Gasteiger partial charge in [-0.05, 0) is 24.1 Å². The highest BCUT2D eigenvalue weighted by molar-refractivity contribution is 9.10. The molecule has 1 aliphatic carbocycles. The van der Waals surface area contributed by atoms with Gasteiger partial charge in [-0.3, -0.25) is 4.79 Å². The second-order valence-electron chi connectivity index (χ2n) is 3.88. The lowest BCUT2D eigenvalue weighted by atomic mass is 10.0. The number of carbonyl (C=O) groups excluding carboxylic acids is 1. The summed E-state index contributed by atoms with van der Waals surface area (Å²) in [5, 5.41) is 9.08. The Kier molecular flexibility index (Phi) is 2.73. The first kappa shape index (κ1) is 11.2. The van der Waals surface area contributed by atoms with E-state index in [1.165, 1.54) is 7.11 Å². The van der Waals surface area contributed by atoms with Crippen LogP contribution in [0.5, 0.6) is 0 Å². The maximum Gasteiger partial charge on any atom is 0.326 e. The Labute approximate surface area is 102 Å². The van der Waals surface area contributed by atoms with Crippen molar-refractivity contribution in [1.29, 1.82) is 5.26 Å². The van der Waals surface area contributed by atoms with Crippen molar-refractivity contribution in [3.05, 3.63) is 34.3 Å². The minimum Gasteiger partial charge on any atom is -0.468 e. The van der Waals surface area contributed by atoms with E-state index >= 15 is 0 Å². The molecule has 82 valence electrons. The van der Waals surface area contributed by atoms with Crippen LogP contribution >= 0.6 is 15.9 Å². The number of benzene rings is 1. The van der Waals surface area contributed by atoms with Gasteiger partial charge in [0, 0.05) is 10.4 Å². The van der Waals surface area contributed by atoms with Gasteiger partial charge in [-0.1, -0.05) is 28.1 Å². The standard InChI is InChI=1S/C12H10BrNO2/c1-16-11(15)12(7-14)6-10(12)8-2-4-9(13)5-3-8/h2-5,10H,6H2,1H3. The fourth-order valence-corrected chi connectivity index (χ4v) is 2.20. The van der Waals surface area contributed by atoms with Crippen LogP contribution in [0, 0.1) is 16.7 Å². The zero-order valence-electron chi connectivity index (χ0n) is 8.74. The van der Waals surface area contributed by atoms with Gasteiger partial charge in [0.05, 0.1) is 13.2 Å². The third kappa shape index (κ3) is 1.61. The van der Waals surface area contributed by atoms with Crippen LogP contribution in [0.15, 0.2) is 28.7 Å². The van der Waals surface area contributed by atoms with Crippen molar-refractivity contribution in [2.75, 3.05) is 7.11 Å². The minimum absolute atomic E-state index is 0.0296. The first-order chi connectivity index (χ1) is 7.64. The van der Waals surface area contributed by atoms with Crippen LogP contribution in [-0.4, -0.2) is 13.1 Å². The Morgan fingerprint density at radius 1 is 1.56 bits per heavy atom. The smallest absolute Gasteiger partial charge is 0.326 e. The first-order valence-electron chi connectivity index (χ1n) is 4.89. The van der Waals surface area contributed by atoms with Gasteiger partial charge in [-0.25, -0.2) is 0 Å². The number of nitrogens with zero attached hydrogens (tertiary/aromatic N) is 1.